The Hall–Kier alpha value is -1.30. The molecule has 0 unspecified atom stereocenters. The summed E-state index contributed by atoms with van der Waals surface area (Å²) in [4.78, 5) is 24.5. The van der Waals surface area contributed by atoms with Crippen LogP contribution < -0.4 is 11.5 Å². The van der Waals surface area contributed by atoms with Crippen LogP contribution in [0.15, 0.2) is 5.38 Å². The first-order chi connectivity index (χ1) is 12.5. The number of carbonyl (C=O) groups excluding carboxylic acids is 2. The van der Waals surface area contributed by atoms with Crippen LogP contribution in [-0.2, 0) is 26.0 Å². The number of hydrogen-bond donors (Lipinski definition) is 3. The van der Waals surface area contributed by atoms with Crippen LogP contribution in [0.25, 0.3) is 0 Å². The van der Waals surface area contributed by atoms with Crippen LogP contribution >= 0.6 is 23.6 Å². The molecule has 1 aromatic heterocycles. The fourth-order valence-electron chi connectivity index (χ4n) is 2.84. The summed E-state index contributed by atoms with van der Waals surface area (Å²) < 4.78 is 27.2. The number of thiazole rings is 1. The topological polar surface area (TPSA) is 145 Å². The van der Waals surface area contributed by atoms with E-state index in [1.165, 1.54) is 9.95 Å². The number of Topliss-reactive ketones (excluding diaryl/α,β-unsaturated/α-hetero) is 1. The summed E-state index contributed by atoms with van der Waals surface area (Å²) >= 11 is 6.16. The van der Waals surface area contributed by atoms with E-state index in [0.717, 1.165) is 11.3 Å². The van der Waals surface area contributed by atoms with E-state index < -0.39 is 38.1 Å². The van der Waals surface area contributed by atoms with Gasteiger partial charge in [0.2, 0.25) is 11.8 Å². The van der Waals surface area contributed by atoms with E-state index >= 15 is 0 Å². The lowest BCUT2D eigenvalue weighted by atomic mass is 9.94. The van der Waals surface area contributed by atoms with Gasteiger partial charge in [-0.3, -0.25) is 14.2 Å². The standard InChI is InChI=1S/C16H27N3O5S3/c1-3-5-11(6-4-2)27(23,24)10-16(18,14(17)22)12(20)7-8-19-13(21)9-26-15(19)25/h9,11,21H,3-8,10,18H2,1-2H3,(H2,17,22)/t16-/m1/s1. The minimum absolute atomic E-state index is 0.0212. The normalized spacial score (nSPS) is 14.2. The molecule has 0 aliphatic carbocycles. The third-order valence-electron chi connectivity index (χ3n) is 4.42. The number of rotatable bonds is 12. The van der Waals surface area contributed by atoms with Crippen molar-refractivity contribution < 1.29 is 23.1 Å². The molecule has 0 saturated heterocycles. The van der Waals surface area contributed by atoms with Gasteiger partial charge < -0.3 is 16.6 Å². The fraction of sp³-hybridized carbons (Fsp3) is 0.688. The van der Waals surface area contributed by atoms with Gasteiger partial charge in [0.05, 0.1) is 16.4 Å². The molecule has 5 N–H and O–H groups in total. The number of primary amides is 1. The highest BCUT2D eigenvalue weighted by Crippen LogP contribution is 2.22. The van der Waals surface area contributed by atoms with Crippen LogP contribution in [0, 0.1) is 3.95 Å². The SMILES string of the molecule is CCCC(CCC)S(=O)(=O)C[C@](N)(C(N)=O)C(=O)CCn1c(O)csc1=S. The molecule has 8 nitrogen and oxygen atoms in total. The van der Waals surface area contributed by atoms with E-state index in [9.17, 15) is 23.1 Å². The summed E-state index contributed by atoms with van der Waals surface area (Å²) in [7, 11) is -3.80. The largest absolute Gasteiger partial charge is 0.494 e. The first-order valence-electron chi connectivity index (χ1n) is 8.70. The van der Waals surface area contributed by atoms with E-state index in [0.29, 0.717) is 29.6 Å². The molecule has 27 heavy (non-hydrogen) atoms. The van der Waals surface area contributed by atoms with Gasteiger partial charge in [-0.05, 0) is 25.1 Å². The van der Waals surface area contributed by atoms with Gasteiger partial charge in [0.15, 0.2) is 25.1 Å². The zero-order valence-electron chi connectivity index (χ0n) is 15.5. The molecule has 1 rings (SSSR count). The number of aromatic hydroxyl groups is 1. The van der Waals surface area contributed by atoms with Crippen LogP contribution in [0.1, 0.15) is 46.0 Å². The number of hydrogen-bond acceptors (Lipinski definition) is 8. The molecule has 1 atom stereocenters. The lowest BCUT2D eigenvalue weighted by Gasteiger charge is -2.27. The maximum absolute atomic E-state index is 12.8. The Morgan fingerprint density at radius 3 is 2.30 bits per heavy atom. The van der Waals surface area contributed by atoms with Crippen LogP contribution in [0.5, 0.6) is 5.88 Å². The number of sulfone groups is 1. The van der Waals surface area contributed by atoms with Gasteiger partial charge in [-0.15, -0.1) is 11.3 Å². The maximum Gasteiger partial charge on any atom is 0.246 e. The van der Waals surface area contributed by atoms with Crippen molar-refractivity contribution in [2.75, 3.05) is 5.75 Å². The molecule has 0 spiro atoms. The third-order valence-corrected chi connectivity index (χ3v) is 8.02. The van der Waals surface area contributed by atoms with Gasteiger partial charge >= 0.3 is 0 Å². The van der Waals surface area contributed by atoms with Crippen LogP contribution in [0.4, 0.5) is 0 Å². The quantitative estimate of drug-likeness (QED) is 0.332. The van der Waals surface area contributed by atoms with Crippen LogP contribution in [0.3, 0.4) is 0 Å². The van der Waals surface area contributed by atoms with Crippen LogP contribution in [0.2, 0.25) is 0 Å². The summed E-state index contributed by atoms with van der Waals surface area (Å²) in [6.45, 7) is 3.71. The molecule has 0 aromatic carbocycles. The van der Waals surface area contributed by atoms with Crippen molar-refractivity contribution in [3.05, 3.63) is 9.33 Å². The van der Waals surface area contributed by atoms with Crippen molar-refractivity contribution in [2.45, 2.75) is 63.3 Å². The molecule has 1 heterocycles. The molecule has 0 fully saturated rings. The fourth-order valence-corrected chi connectivity index (χ4v) is 6.18. The Labute approximate surface area is 168 Å². The van der Waals surface area contributed by atoms with Gasteiger partial charge in [0.1, 0.15) is 0 Å². The minimum atomic E-state index is -3.80. The number of nitrogens with two attached hydrogens (primary N) is 2. The summed E-state index contributed by atoms with van der Waals surface area (Å²) in [5, 5.41) is 10.5. The molecule has 0 aliphatic rings. The Bertz CT molecular complexity index is 825. The highest BCUT2D eigenvalue weighted by Gasteiger charge is 2.45. The second-order valence-corrected chi connectivity index (χ2v) is 10.3. The molecule has 0 bridgehead atoms. The van der Waals surface area contributed by atoms with Crippen molar-refractivity contribution in [1.29, 1.82) is 0 Å². The van der Waals surface area contributed by atoms with E-state index in [1.807, 2.05) is 13.8 Å². The van der Waals surface area contributed by atoms with Gasteiger partial charge in [-0.1, -0.05) is 26.7 Å². The predicted molar refractivity (Wildman–Crippen MR) is 108 cm³/mol. The van der Waals surface area contributed by atoms with E-state index in [1.54, 1.807) is 0 Å². The molecule has 154 valence electrons. The van der Waals surface area contributed by atoms with Crippen molar-refractivity contribution in [2.24, 2.45) is 11.5 Å². The average molecular weight is 438 g/mol. The Morgan fingerprint density at radius 2 is 1.89 bits per heavy atom. The first-order valence-corrected chi connectivity index (χ1v) is 11.7. The number of aromatic nitrogens is 1. The predicted octanol–water partition coefficient (Wildman–Crippen LogP) is 1.51. The third kappa shape index (κ3) is 5.84. The Balaban J connectivity index is 3.04. The van der Waals surface area contributed by atoms with E-state index in [2.05, 4.69) is 0 Å². The number of amides is 1. The summed E-state index contributed by atoms with van der Waals surface area (Å²) in [6.07, 6.45) is 1.89. The molecule has 11 heteroatoms. The molecule has 0 saturated carbocycles. The molecule has 0 radical (unpaired) electrons. The van der Waals surface area contributed by atoms with E-state index in [4.69, 9.17) is 23.7 Å². The molecule has 0 aliphatic heterocycles. The van der Waals surface area contributed by atoms with Crippen molar-refractivity contribution >= 4 is 45.1 Å². The second kappa shape index (κ2) is 9.76. The highest BCUT2D eigenvalue weighted by molar-refractivity contribution is 7.92. The number of nitrogens with zero attached hydrogens (tertiary/aromatic N) is 1. The van der Waals surface area contributed by atoms with Crippen molar-refractivity contribution in [3.63, 3.8) is 0 Å². The Kier molecular flexibility index (Phi) is 8.58. The minimum Gasteiger partial charge on any atom is -0.494 e. The molecule has 1 amide bonds. The number of ketones is 1. The Morgan fingerprint density at radius 1 is 1.33 bits per heavy atom. The molecular formula is C16H27N3O5S3. The summed E-state index contributed by atoms with van der Waals surface area (Å²) in [5.41, 5.74) is 8.92. The van der Waals surface area contributed by atoms with E-state index in [-0.39, 0.29) is 18.8 Å². The lowest BCUT2D eigenvalue weighted by molar-refractivity contribution is -0.133. The average Bonchev–Trinajstić information content (AvgIpc) is 2.90. The van der Waals surface area contributed by atoms with Crippen molar-refractivity contribution in [3.8, 4) is 5.88 Å². The van der Waals surface area contributed by atoms with Crippen molar-refractivity contribution in [1.82, 2.24) is 4.57 Å². The van der Waals surface area contributed by atoms with Gasteiger partial charge in [-0.2, -0.15) is 0 Å². The first kappa shape index (κ1) is 23.7. The van der Waals surface area contributed by atoms with Gasteiger partial charge in [0.25, 0.3) is 0 Å². The second-order valence-electron chi connectivity index (χ2n) is 6.53. The van der Waals surface area contributed by atoms with Crippen LogP contribution in [-0.4, -0.2) is 46.3 Å². The summed E-state index contributed by atoms with van der Waals surface area (Å²) in [6, 6.07) is 0. The zero-order valence-corrected chi connectivity index (χ0v) is 18.0. The molecule has 1 aromatic rings. The number of carbonyl (C=O) groups is 2. The summed E-state index contributed by atoms with van der Waals surface area (Å²) in [5.74, 6) is -2.91. The lowest BCUT2D eigenvalue weighted by Crippen LogP contribution is -2.63. The van der Waals surface area contributed by atoms with Gasteiger partial charge in [0, 0.05) is 13.0 Å². The maximum atomic E-state index is 12.8. The van der Waals surface area contributed by atoms with Gasteiger partial charge in [-0.25, -0.2) is 8.42 Å². The molecular weight excluding hydrogens is 410 g/mol. The monoisotopic (exact) mass is 437 g/mol. The smallest absolute Gasteiger partial charge is 0.246 e. The highest BCUT2D eigenvalue weighted by atomic mass is 32.2. The zero-order chi connectivity index (χ0) is 20.8.